The average Bonchev–Trinajstić information content (AvgIpc) is 2.91. The van der Waals surface area contributed by atoms with E-state index >= 15 is 0 Å². The maximum atomic E-state index is 13.1. The molecule has 2 aliphatic heterocycles. The Balaban J connectivity index is 0.00000169. The summed E-state index contributed by atoms with van der Waals surface area (Å²) in [6.07, 6.45) is 5.49. The van der Waals surface area contributed by atoms with Gasteiger partial charge >= 0.3 is 0 Å². The Morgan fingerprint density at radius 2 is 2.08 bits per heavy atom. The number of Topliss-reactive ketones (excluding diaryl/α,β-unsaturated/α-hetero) is 1. The second-order valence-corrected chi connectivity index (χ2v) is 7.11. The lowest BCUT2D eigenvalue weighted by atomic mass is 9.85. The van der Waals surface area contributed by atoms with E-state index in [2.05, 4.69) is 5.32 Å². The van der Waals surface area contributed by atoms with Gasteiger partial charge in [-0.1, -0.05) is 0 Å². The number of rotatable bonds is 1. The van der Waals surface area contributed by atoms with Gasteiger partial charge in [-0.25, -0.2) is 0 Å². The molecule has 3 aliphatic rings. The van der Waals surface area contributed by atoms with Crippen LogP contribution in [-0.4, -0.2) is 42.3 Å². The molecule has 0 bridgehead atoms. The number of likely N-dealkylation sites (tertiary alicyclic amines) is 1. The van der Waals surface area contributed by atoms with E-state index < -0.39 is 0 Å². The second kappa shape index (κ2) is 6.89. The summed E-state index contributed by atoms with van der Waals surface area (Å²) in [5.41, 5.74) is 1.11. The molecule has 0 spiro atoms. The molecule has 2 fully saturated rings. The van der Waals surface area contributed by atoms with Gasteiger partial charge < -0.3 is 14.6 Å². The first-order valence-electron chi connectivity index (χ1n) is 8.83. The third-order valence-corrected chi connectivity index (χ3v) is 5.64. The number of furan rings is 1. The minimum Gasteiger partial charge on any atom is -0.465 e. The molecule has 2 atom stereocenters. The summed E-state index contributed by atoms with van der Waals surface area (Å²) in [5, 5.41) is 3.57. The third-order valence-electron chi connectivity index (χ3n) is 5.64. The molecule has 0 unspecified atom stereocenters. The Kier molecular flexibility index (Phi) is 5.02. The number of fused-ring (bicyclic) bond motifs is 2. The normalized spacial score (nSPS) is 26.4. The molecule has 24 heavy (non-hydrogen) atoms. The Morgan fingerprint density at radius 1 is 1.25 bits per heavy atom. The highest BCUT2D eigenvalue weighted by atomic mass is 35.5. The number of ketones is 1. The lowest BCUT2D eigenvalue weighted by Gasteiger charge is -2.41. The largest absolute Gasteiger partial charge is 0.465 e. The van der Waals surface area contributed by atoms with Crippen LogP contribution in [0.1, 0.15) is 64.3 Å². The van der Waals surface area contributed by atoms with Crippen molar-refractivity contribution in [1.82, 2.24) is 10.2 Å². The topological polar surface area (TPSA) is 62.6 Å². The van der Waals surface area contributed by atoms with Crippen LogP contribution in [0.5, 0.6) is 0 Å². The fraction of sp³-hybridized carbons (Fsp3) is 0.667. The zero-order chi connectivity index (χ0) is 16.0. The van der Waals surface area contributed by atoms with Gasteiger partial charge in [0.15, 0.2) is 5.78 Å². The van der Waals surface area contributed by atoms with E-state index in [1.54, 1.807) is 0 Å². The first kappa shape index (κ1) is 17.5. The summed E-state index contributed by atoms with van der Waals surface area (Å²) in [7, 11) is 0. The number of aryl methyl sites for hydroxylation is 2. The van der Waals surface area contributed by atoms with E-state index in [1.807, 2.05) is 11.8 Å². The molecule has 0 radical (unpaired) electrons. The Labute approximate surface area is 148 Å². The zero-order valence-corrected chi connectivity index (χ0v) is 14.9. The minimum atomic E-state index is -0.00762. The molecule has 1 aromatic heterocycles. The Morgan fingerprint density at radius 3 is 2.92 bits per heavy atom. The first-order chi connectivity index (χ1) is 11.1. The predicted octanol–water partition coefficient (Wildman–Crippen LogP) is 2.74. The summed E-state index contributed by atoms with van der Waals surface area (Å²) in [6, 6.07) is 0.550. The molecule has 1 N–H and O–H groups in total. The van der Waals surface area contributed by atoms with Crippen LogP contribution < -0.4 is 5.32 Å². The monoisotopic (exact) mass is 352 g/mol. The van der Waals surface area contributed by atoms with Crippen LogP contribution in [0, 0.1) is 12.8 Å². The van der Waals surface area contributed by atoms with Gasteiger partial charge in [-0.3, -0.25) is 9.59 Å². The molecule has 2 saturated heterocycles. The highest BCUT2D eigenvalue weighted by Gasteiger charge is 2.37. The van der Waals surface area contributed by atoms with Crippen LogP contribution in [0.4, 0.5) is 0 Å². The number of halogens is 1. The molecular weight excluding hydrogens is 328 g/mol. The number of hydrogen-bond acceptors (Lipinski definition) is 4. The molecular formula is C18H25ClN2O3. The van der Waals surface area contributed by atoms with Gasteiger partial charge in [0, 0.05) is 32.0 Å². The molecule has 1 aromatic rings. The quantitative estimate of drug-likeness (QED) is 0.844. The molecule has 0 saturated carbocycles. The number of carbonyl (C=O) groups excluding carboxylic acids is 2. The molecule has 4 rings (SSSR count). The molecule has 0 aromatic carbocycles. The number of hydrogen-bond donors (Lipinski definition) is 1. The summed E-state index contributed by atoms with van der Waals surface area (Å²) in [4.78, 5) is 27.3. The van der Waals surface area contributed by atoms with Crippen molar-refractivity contribution >= 4 is 24.1 Å². The minimum absolute atomic E-state index is 0. The van der Waals surface area contributed by atoms with E-state index in [0.29, 0.717) is 35.3 Å². The number of nitrogens with zero attached hydrogens (tertiary/aromatic N) is 1. The Bertz CT molecular complexity index is 655. The molecule has 1 aliphatic carbocycles. The van der Waals surface area contributed by atoms with Gasteiger partial charge in [0.25, 0.3) is 5.91 Å². The van der Waals surface area contributed by atoms with Crippen molar-refractivity contribution in [2.45, 2.75) is 51.5 Å². The number of amides is 1. The fourth-order valence-corrected chi connectivity index (χ4v) is 4.45. The number of nitrogens with one attached hydrogen (secondary N) is 1. The highest BCUT2D eigenvalue weighted by Crippen LogP contribution is 2.32. The lowest BCUT2D eigenvalue weighted by molar-refractivity contribution is 0.0588. The predicted molar refractivity (Wildman–Crippen MR) is 93.0 cm³/mol. The average molecular weight is 353 g/mol. The van der Waals surface area contributed by atoms with E-state index in [-0.39, 0.29) is 24.1 Å². The van der Waals surface area contributed by atoms with E-state index in [4.69, 9.17) is 4.42 Å². The summed E-state index contributed by atoms with van der Waals surface area (Å²) >= 11 is 0. The SMILES string of the molecule is Cc1oc2c(c1C(=O)N1CC[C@@H]3NCCC[C@@H]3C1)C(=O)CCC2.Cl. The number of piperidine rings is 2. The summed E-state index contributed by atoms with van der Waals surface area (Å²) < 4.78 is 5.75. The van der Waals surface area contributed by atoms with Crippen molar-refractivity contribution in [3.63, 3.8) is 0 Å². The van der Waals surface area contributed by atoms with Gasteiger partial charge in [-0.2, -0.15) is 0 Å². The van der Waals surface area contributed by atoms with E-state index in [9.17, 15) is 9.59 Å². The van der Waals surface area contributed by atoms with Gasteiger partial charge in [-0.15, -0.1) is 12.4 Å². The molecule has 3 heterocycles. The number of carbonyl (C=O) groups is 2. The van der Waals surface area contributed by atoms with Crippen molar-refractivity contribution in [3.8, 4) is 0 Å². The van der Waals surface area contributed by atoms with Crippen LogP contribution in [0.25, 0.3) is 0 Å². The molecule has 6 heteroatoms. The summed E-state index contributed by atoms with van der Waals surface area (Å²) in [5.74, 6) is 1.93. The van der Waals surface area contributed by atoms with Crippen molar-refractivity contribution in [1.29, 1.82) is 0 Å². The van der Waals surface area contributed by atoms with E-state index in [1.165, 1.54) is 12.8 Å². The maximum absolute atomic E-state index is 13.1. The highest BCUT2D eigenvalue weighted by molar-refractivity contribution is 6.10. The summed E-state index contributed by atoms with van der Waals surface area (Å²) in [6.45, 7) is 4.47. The fourth-order valence-electron chi connectivity index (χ4n) is 4.45. The van der Waals surface area contributed by atoms with Crippen LogP contribution in [-0.2, 0) is 6.42 Å². The van der Waals surface area contributed by atoms with Crippen molar-refractivity contribution in [3.05, 3.63) is 22.6 Å². The Hall–Kier alpha value is -1.33. The first-order valence-corrected chi connectivity index (χ1v) is 8.83. The van der Waals surface area contributed by atoms with E-state index in [0.717, 1.165) is 44.7 Å². The smallest absolute Gasteiger partial charge is 0.258 e. The standard InChI is InChI=1S/C18H24N2O3.ClH/c1-11-16(17-14(21)5-2-6-15(17)23-11)18(22)20-9-7-13-12(10-20)4-3-8-19-13;/h12-13,19H,2-10H2,1H3;1H/t12-,13+;/m1./s1. The van der Waals surface area contributed by atoms with Crippen molar-refractivity contribution in [2.75, 3.05) is 19.6 Å². The lowest BCUT2D eigenvalue weighted by Crippen LogP contribution is -2.53. The van der Waals surface area contributed by atoms with Gasteiger partial charge in [0.05, 0.1) is 11.1 Å². The third kappa shape index (κ3) is 2.88. The zero-order valence-electron chi connectivity index (χ0n) is 14.1. The second-order valence-electron chi connectivity index (χ2n) is 7.11. The van der Waals surface area contributed by atoms with Crippen LogP contribution >= 0.6 is 12.4 Å². The van der Waals surface area contributed by atoms with Crippen molar-refractivity contribution < 1.29 is 14.0 Å². The molecule has 5 nitrogen and oxygen atoms in total. The van der Waals surface area contributed by atoms with Gasteiger partial charge in [-0.05, 0) is 45.1 Å². The van der Waals surface area contributed by atoms with Gasteiger partial charge in [0.1, 0.15) is 11.5 Å². The maximum Gasteiger partial charge on any atom is 0.258 e. The van der Waals surface area contributed by atoms with Gasteiger partial charge in [0.2, 0.25) is 0 Å². The molecule has 132 valence electrons. The van der Waals surface area contributed by atoms with Crippen LogP contribution in [0.3, 0.4) is 0 Å². The van der Waals surface area contributed by atoms with Crippen molar-refractivity contribution in [2.24, 2.45) is 5.92 Å². The van der Waals surface area contributed by atoms with Crippen LogP contribution in [0.2, 0.25) is 0 Å². The van der Waals surface area contributed by atoms with Crippen LogP contribution in [0.15, 0.2) is 4.42 Å². The molecule has 1 amide bonds.